The van der Waals surface area contributed by atoms with Crippen LogP contribution in [0.25, 0.3) is 0 Å². The molecular weight excluding hydrogens is 254 g/mol. The van der Waals surface area contributed by atoms with Gasteiger partial charge in [0.2, 0.25) is 0 Å². The predicted octanol–water partition coefficient (Wildman–Crippen LogP) is 2.90. The fraction of sp³-hybridized carbons (Fsp3) is 0.417. The molecule has 0 aliphatic rings. The molecule has 0 bridgehead atoms. The number of hydrogen-bond acceptors (Lipinski definition) is 1. The summed E-state index contributed by atoms with van der Waals surface area (Å²) in [6, 6.07) is 7.72. The Labute approximate surface area is 99.2 Å². The molecule has 82 valence electrons. The van der Waals surface area contributed by atoms with Gasteiger partial charge in [0, 0.05) is 16.4 Å². The summed E-state index contributed by atoms with van der Waals surface area (Å²) in [6.07, 6.45) is 0. The van der Waals surface area contributed by atoms with Crippen molar-refractivity contribution in [2.75, 3.05) is 0 Å². The minimum absolute atomic E-state index is 0.0162. The number of amides is 1. The quantitative estimate of drug-likeness (QED) is 0.841. The highest BCUT2D eigenvalue weighted by Crippen LogP contribution is 2.07. The number of halogens is 1. The van der Waals surface area contributed by atoms with Crippen molar-refractivity contribution >= 4 is 21.8 Å². The summed E-state index contributed by atoms with van der Waals surface area (Å²) in [4.78, 5) is 12.0. The standard InChI is InChI=1S/C12H16BrNO/c1-8-5-4-6-11(7-8)12(15)14-10(3)9(2)13/h4-7,9-10H,1-3H3,(H,14,15). The van der Waals surface area contributed by atoms with Crippen LogP contribution in [0.3, 0.4) is 0 Å². The third-order valence-corrected chi connectivity index (χ3v) is 3.12. The summed E-state index contributed by atoms with van der Waals surface area (Å²) in [6.45, 7) is 5.97. The first-order valence-corrected chi connectivity index (χ1v) is 5.94. The molecule has 1 aromatic carbocycles. The Balaban J connectivity index is 2.69. The van der Waals surface area contributed by atoms with Gasteiger partial charge in [-0.3, -0.25) is 4.79 Å². The van der Waals surface area contributed by atoms with E-state index < -0.39 is 0 Å². The minimum Gasteiger partial charge on any atom is -0.348 e. The number of carbonyl (C=O) groups is 1. The van der Waals surface area contributed by atoms with Gasteiger partial charge in [-0.25, -0.2) is 0 Å². The van der Waals surface area contributed by atoms with E-state index in [1.165, 1.54) is 0 Å². The van der Waals surface area contributed by atoms with E-state index in [1.54, 1.807) is 0 Å². The van der Waals surface area contributed by atoms with Crippen molar-refractivity contribution in [1.29, 1.82) is 0 Å². The molecule has 0 heterocycles. The van der Waals surface area contributed by atoms with Crippen molar-refractivity contribution < 1.29 is 4.79 Å². The Morgan fingerprint density at radius 1 is 1.40 bits per heavy atom. The van der Waals surface area contributed by atoms with Crippen molar-refractivity contribution in [2.24, 2.45) is 0 Å². The van der Waals surface area contributed by atoms with Crippen molar-refractivity contribution in [2.45, 2.75) is 31.6 Å². The number of aryl methyl sites for hydroxylation is 1. The van der Waals surface area contributed by atoms with E-state index in [0.717, 1.165) is 11.1 Å². The number of alkyl halides is 1. The summed E-state index contributed by atoms with van der Waals surface area (Å²) in [5, 5.41) is 2.94. The van der Waals surface area contributed by atoms with Gasteiger partial charge < -0.3 is 5.32 Å². The Bertz CT molecular complexity index is 349. The van der Waals surface area contributed by atoms with E-state index in [1.807, 2.05) is 45.0 Å². The maximum absolute atomic E-state index is 11.8. The van der Waals surface area contributed by atoms with Crippen molar-refractivity contribution in [1.82, 2.24) is 5.32 Å². The lowest BCUT2D eigenvalue weighted by Crippen LogP contribution is -2.37. The van der Waals surface area contributed by atoms with Gasteiger partial charge in [0.1, 0.15) is 0 Å². The lowest BCUT2D eigenvalue weighted by Gasteiger charge is -2.16. The molecule has 1 rings (SSSR count). The average molecular weight is 270 g/mol. The second-order valence-electron chi connectivity index (χ2n) is 3.81. The summed E-state index contributed by atoms with van der Waals surface area (Å²) in [5.41, 5.74) is 1.82. The summed E-state index contributed by atoms with van der Waals surface area (Å²) in [7, 11) is 0. The normalized spacial score (nSPS) is 14.4. The minimum atomic E-state index is -0.0162. The van der Waals surface area contributed by atoms with Crippen LogP contribution in [0.2, 0.25) is 0 Å². The molecule has 3 heteroatoms. The second-order valence-corrected chi connectivity index (χ2v) is 5.25. The van der Waals surface area contributed by atoms with Crippen LogP contribution >= 0.6 is 15.9 Å². The van der Waals surface area contributed by atoms with Gasteiger partial charge in [-0.2, -0.15) is 0 Å². The number of benzene rings is 1. The molecular formula is C12H16BrNO. The van der Waals surface area contributed by atoms with Crippen molar-refractivity contribution in [3.63, 3.8) is 0 Å². The number of hydrogen-bond donors (Lipinski definition) is 1. The second kappa shape index (κ2) is 5.31. The van der Waals surface area contributed by atoms with Gasteiger partial charge in [0.25, 0.3) is 5.91 Å². The first-order valence-electron chi connectivity index (χ1n) is 5.02. The molecule has 0 aromatic heterocycles. The first kappa shape index (κ1) is 12.2. The number of rotatable bonds is 3. The van der Waals surface area contributed by atoms with E-state index in [-0.39, 0.29) is 16.8 Å². The molecule has 0 aliphatic heterocycles. The summed E-state index contributed by atoms with van der Waals surface area (Å²) < 4.78 is 0. The molecule has 2 atom stereocenters. The van der Waals surface area contributed by atoms with Gasteiger partial charge >= 0.3 is 0 Å². The number of nitrogens with one attached hydrogen (secondary N) is 1. The zero-order valence-corrected chi connectivity index (χ0v) is 10.8. The Morgan fingerprint density at radius 2 is 2.07 bits per heavy atom. The lowest BCUT2D eigenvalue weighted by atomic mass is 10.1. The van der Waals surface area contributed by atoms with E-state index in [2.05, 4.69) is 21.2 Å². The summed E-state index contributed by atoms with van der Waals surface area (Å²) in [5.74, 6) is -0.0162. The zero-order valence-electron chi connectivity index (χ0n) is 9.25. The van der Waals surface area contributed by atoms with E-state index in [9.17, 15) is 4.79 Å². The van der Waals surface area contributed by atoms with Crippen LogP contribution in [0.5, 0.6) is 0 Å². The molecule has 0 saturated heterocycles. The van der Waals surface area contributed by atoms with Crippen LogP contribution in [0, 0.1) is 6.92 Å². The SMILES string of the molecule is Cc1cccc(C(=O)NC(C)C(C)Br)c1. The molecule has 0 saturated carbocycles. The summed E-state index contributed by atoms with van der Waals surface area (Å²) >= 11 is 3.44. The van der Waals surface area contributed by atoms with Gasteiger partial charge in [0.05, 0.1) is 0 Å². The fourth-order valence-electron chi connectivity index (χ4n) is 1.19. The van der Waals surface area contributed by atoms with Gasteiger partial charge in [-0.05, 0) is 26.0 Å². The number of carbonyl (C=O) groups excluding carboxylic acids is 1. The van der Waals surface area contributed by atoms with Crippen LogP contribution < -0.4 is 5.32 Å². The van der Waals surface area contributed by atoms with Crippen molar-refractivity contribution in [3.05, 3.63) is 35.4 Å². The molecule has 15 heavy (non-hydrogen) atoms. The van der Waals surface area contributed by atoms with E-state index in [4.69, 9.17) is 0 Å². The molecule has 0 fully saturated rings. The molecule has 0 aliphatic carbocycles. The lowest BCUT2D eigenvalue weighted by molar-refractivity contribution is 0.0940. The Hall–Kier alpha value is -0.830. The maximum Gasteiger partial charge on any atom is 0.251 e. The third kappa shape index (κ3) is 3.67. The first-order chi connectivity index (χ1) is 7.00. The molecule has 0 spiro atoms. The van der Waals surface area contributed by atoms with Crippen LogP contribution in [-0.2, 0) is 0 Å². The third-order valence-electron chi connectivity index (χ3n) is 2.33. The molecule has 1 N–H and O–H groups in total. The van der Waals surface area contributed by atoms with Gasteiger partial charge in [0.15, 0.2) is 0 Å². The molecule has 2 unspecified atom stereocenters. The van der Waals surface area contributed by atoms with Crippen molar-refractivity contribution in [3.8, 4) is 0 Å². The highest BCUT2D eigenvalue weighted by Gasteiger charge is 2.12. The average Bonchev–Trinajstić information content (AvgIpc) is 2.17. The molecule has 0 radical (unpaired) electrons. The van der Waals surface area contributed by atoms with Gasteiger partial charge in [-0.15, -0.1) is 0 Å². The maximum atomic E-state index is 11.8. The molecule has 1 aromatic rings. The van der Waals surface area contributed by atoms with Gasteiger partial charge in [-0.1, -0.05) is 40.5 Å². The monoisotopic (exact) mass is 269 g/mol. The van der Waals surface area contributed by atoms with E-state index in [0.29, 0.717) is 0 Å². The molecule has 2 nitrogen and oxygen atoms in total. The van der Waals surface area contributed by atoms with Crippen LogP contribution in [-0.4, -0.2) is 16.8 Å². The predicted molar refractivity (Wildman–Crippen MR) is 66.5 cm³/mol. The largest absolute Gasteiger partial charge is 0.348 e. The smallest absolute Gasteiger partial charge is 0.251 e. The van der Waals surface area contributed by atoms with E-state index >= 15 is 0 Å². The van der Waals surface area contributed by atoms with Crippen LogP contribution in [0.15, 0.2) is 24.3 Å². The highest BCUT2D eigenvalue weighted by molar-refractivity contribution is 9.09. The Kier molecular flexibility index (Phi) is 4.33. The molecule has 1 amide bonds. The topological polar surface area (TPSA) is 29.1 Å². The van der Waals surface area contributed by atoms with Crippen LogP contribution in [0.1, 0.15) is 29.8 Å². The highest BCUT2D eigenvalue weighted by atomic mass is 79.9. The Morgan fingerprint density at radius 3 is 2.60 bits per heavy atom. The fourth-order valence-corrected chi connectivity index (χ4v) is 1.32. The zero-order chi connectivity index (χ0) is 11.4. The van der Waals surface area contributed by atoms with Crippen LogP contribution in [0.4, 0.5) is 0 Å².